The smallest absolute Gasteiger partial charge is 0.272 e. The van der Waals surface area contributed by atoms with Gasteiger partial charge in [0, 0.05) is 10.5 Å². The predicted molar refractivity (Wildman–Crippen MR) is 67.2 cm³/mol. The topological polar surface area (TPSA) is 52.4 Å². The lowest BCUT2D eigenvalue weighted by Crippen LogP contribution is -1.95. The van der Waals surface area contributed by atoms with Crippen LogP contribution in [0.15, 0.2) is 34.8 Å². The minimum atomic E-state index is -1.29. The summed E-state index contributed by atoms with van der Waals surface area (Å²) in [5.74, 6) is -4.50. The zero-order valence-electron chi connectivity index (χ0n) is 9.57. The second kappa shape index (κ2) is 5.49. The zero-order valence-corrected chi connectivity index (χ0v) is 11.2. The van der Waals surface area contributed by atoms with Gasteiger partial charge in [-0.1, -0.05) is 15.9 Å². The normalized spacial score (nSPS) is 10.4. The number of hydrogen-bond donors (Lipinski definition) is 0. The first-order valence-electron chi connectivity index (χ1n) is 5.15. The lowest BCUT2D eigenvalue weighted by atomic mass is 10.3. The first kappa shape index (κ1) is 14.3. The van der Waals surface area contributed by atoms with E-state index in [4.69, 9.17) is 4.74 Å². The molecule has 0 aliphatic carbocycles. The molecule has 0 unspecified atom stereocenters. The maximum absolute atomic E-state index is 13.6. The summed E-state index contributed by atoms with van der Waals surface area (Å²) in [4.78, 5) is 9.66. The predicted octanol–water partition coefficient (Wildman–Crippen LogP) is 4.57. The maximum Gasteiger partial charge on any atom is 0.272 e. The average Bonchev–Trinajstić information content (AvgIpc) is 2.37. The number of nitrogens with zero attached hydrogens (tertiary/aromatic N) is 1. The number of ether oxygens (including phenoxy) is 1. The van der Waals surface area contributed by atoms with Crippen molar-refractivity contribution in [2.45, 2.75) is 0 Å². The molecular formula is C12H5BrF3NO3. The highest BCUT2D eigenvalue weighted by Crippen LogP contribution is 2.32. The summed E-state index contributed by atoms with van der Waals surface area (Å²) < 4.78 is 45.3. The number of nitro benzene ring substituents is 1. The van der Waals surface area contributed by atoms with Crippen LogP contribution in [0.3, 0.4) is 0 Å². The molecule has 0 heterocycles. The monoisotopic (exact) mass is 347 g/mol. The highest BCUT2D eigenvalue weighted by atomic mass is 79.9. The lowest BCUT2D eigenvalue weighted by Gasteiger charge is -2.08. The molecule has 0 aliphatic rings. The van der Waals surface area contributed by atoms with Gasteiger partial charge in [-0.2, -0.15) is 4.39 Å². The third-order valence-electron chi connectivity index (χ3n) is 2.31. The van der Waals surface area contributed by atoms with Gasteiger partial charge in [0.15, 0.2) is 23.1 Å². The molecule has 0 aromatic heterocycles. The summed E-state index contributed by atoms with van der Waals surface area (Å²) in [6.45, 7) is 0. The van der Waals surface area contributed by atoms with E-state index in [-0.39, 0.29) is 4.47 Å². The summed E-state index contributed by atoms with van der Waals surface area (Å²) >= 11 is 2.94. The Morgan fingerprint density at radius 3 is 2.35 bits per heavy atom. The van der Waals surface area contributed by atoms with Crippen molar-refractivity contribution in [3.05, 3.63) is 62.4 Å². The SMILES string of the molecule is O=[N+]([O-])c1ccc(Oc2cc(Br)cc(F)c2F)c(F)c1. The van der Waals surface area contributed by atoms with Gasteiger partial charge in [0.2, 0.25) is 5.82 Å². The van der Waals surface area contributed by atoms with Crippen LogP contribution in [0.25, 0.3) is 0 Å². The molecule has 104 valence electrons. The fourth-order valence-electron chi connectivity index (χ4n) is 1.41. The van der Waals surface area contributed by atoms with E-state index in [0.29, 0.717) is 6.07 Å². The maximum atomic E-state index is 13.6. The van der Waals surface area contributed by atoms with Crippen LogP contribution < -0.4 is 4.74 Å². The van der Waals surface area contributed by atoms with Gasteiger partial charge in [-0.3, -0.25) is 10.1 Å². The van der Waals surface area contributed by atoms with Gasteiger partial charge in [0.25, 0.3) is 5.69 Å². The van der Waals surface area contributed by atoms with Gasteiger partial charge < -0.3 is 4.74 Å². The first-order valence-corrected chi connectivity index (χ1v) is 5.94. The third kappa shape index (κ3) is 2.90. The molecule has 0 spiro atoms. The van der Waals surface area contributed by atoms with E-state index < -0.39 is 39.6 Å². The van der Waals surface area contributed by atoms with Crippen LogP contribution in [0.4, 0.5) is 18.9 Å². The first-order chi connectivity index (χ1) is 9.38. The van der Waals surface area contributed by atoms with Crippen LogP contribution in [0.2, 0.25) is 0 Å². The largest absolute Gasteiger partial charge is 0.451 e. The molecule has 0 fully saturated rings. The second-order valence-electron chi connectivity index (χ2n) is 3.67. The van der Waals surface area contributed by atoms with Crippen molar-refractivity contribution in [3.8, 4) is 11.5 Å². The minimum Gasteiger partial charge on any atom is -0.451 e. The van der Waals surface area contributed by atoms with Crippen molar-refractivity contribution in [1.29, 1.82) is 0 Å². The molecule has 2 aromatic rings. The van der Waals surface area contributed by atoms with Crippen LogP contribution in [0.1, 0.15) is 0 Å². The van der Waals surface area contributed by atoms with Gasteiger partial charge in [0.1, 0.15) is 0 Å². The Morgan fingerprint density at radius 2 is 1.75 bits per heavy atom. The van der Waals surface area contributed by atoms with E-state index in [9.17, 15) is 23.3 Å². The third-order valence-corrected chi connectivity index (χ3v) is 2.76. The van der Waals surface area contributed by atoms with Gasteiger partial charge >= 0.3 is 0 Å². The average molecular weight is 348 g/mol. The Bertz CT molecular complexity index is 694. The molecule has 0 amide bonds. The molecule has 0 radical (unpaired) electrons. The van der Waals surface area contributed by atoms with Crippen molar-refractivity contribution in [2.24, 2.45) is 0 Å². The van der Waals surface area contributed by atoms with Crippen LogP contribution in [-0.4, -0.2) is 4.92 Å². The number of halogens is 4. The van der Waals surface area contributed by atoms with E-state index in [0.717, 1.165) is 24.3 Å². The molecule has 0 saturated carbocycles. The molecule has 20 heavy (non-hydrogen) atoms. The molecule has 8 heteroatoms. The standard InChI is InChI=1S/C12H5BrF3NO3/c13-6-3-9(15)12(16)11(4-6)20-10-2-1-7(17(18)19)5-8(10)14/h1-5H. The summed E-state index contributed by atoms with van der Waals surface area (Å²) in [5, 5.41) is 10.4. The van der Waals surface area contributed by atoms with Gasteiger partial charge in [0.05, 0.1) is 11.0 Å². The highest BCUT2D eigenvalue weighted by molar-refractivity contribution is 9.10. The molecule has 0 N–H and O–H groups in total. The summed E-state index contributed by atoms with van der Waals surface area (Å²) in [6, 6.07) is 4.58. The van der Waals surface area contributed by atoms with Crippen molar-refractivity contribution in [3.63, 3.8) is 0 Å². The van der Waals surface area contributed by atoms with E-state index in [1.54, 1.807) is 0 Å². The Hall–Kier alpha value is -2.09. The molecule has 0 atom stereocenters. The molecule has 0 aliphatic heterocycles. The minimum absolute atomic E-state index is 0.203. The molecule has 2 aromatic carbocycles. The number of non-ortho nitro benzene ring substituents is 1. The van der Waals surface area contributed by atoms with E-state index in [1.165, 1.54) is 0 Å². The Balaban J connectivity index is 2.38. The number of rotatable bonds is 3. The van der Waals surface area contributed by atoms with Gasteiger partial charge in [-0.05, 0) is 18.2 Å². The van der Waals surface area contributed by atoms with E-state index >= 15 is 0 Å². The Labute approximate surface area is 119 Å². The summed E-state index contributed by atoms with van der Waals surface area (Å²) in [6.07, 6.45) is 0. The van der Waals surface area contributed by atoms with Crippen molar-refractivity contribution in [2.75, 3.05) is 0 Å². The summed E-state index contributed by atoms with van der Waals surface area (Å²) in [5.41, 5.74) is -0.476. The van der Waals surface area contributed by atoms with E-state index in [1.807, 2.05) is 0 Å². The number of benzene rings is 2. The second-order valence-corrected chi connectivity index (χ2v) is 4.59. The highest BCUT2D eigenvalue weighted by Gasteiger charge is 2.16. The fraction of sp³-hybridized carbons (Fsp3) is 0. The molecular weight excluding hydrogens is 343 g/mol. The Kier molecular flexibility index (Phi) is 3.93. The van der Waals surface area contributed by atoms with Crippen molar-refractivity contribution in [1.82, 2.24) is 0 Å². The van der Waals surface area contributed by atoms with Crippen LogP contribution in [-0.2, 0) is 0 Å². The van der Waals surface area contributed by atoms with Crippen molar-refractivity contribution >= 4 is 21.6 Å². The summed E-state index contributed by atoms with van der Waals surface area (Å²) in [7, 11) is 0. The quantitative estimate of drug-likeness (QED) is 0.464. The van der Waals surface area contributed by atoms with Crippen LogP contribution >= 0.6 is 15.9 Å². The Morgan fingerprint density at radius 1 is 1.05 bits per heavy atom. The number of hydrogen-bond acceptors (Lipinski definition) is 3. The van der Waals surface area contributed by atoms with E-state index in [2.05, 4.69) is 15.9 Å². The van der Waals surface area contributed by atoms with Crippen LogP contribution in [0, 0.1) is 27.6 Å². The van der Waals surface area contributed by atoms with Crippen LogP contribution in [0.5, 0.6) is 11.5 Å². The molecule has 4 nitrogen and oxygen atoms in total. The van der Waals surface area contributed by atoms with Gasteiger partial charge in [-0.15, -0.1) is 0 Å². The van der Waals surface area contributed by atoms with Gasteiger partial charge in [-0.25, -0.2) is 8.78 Å². The zero-order chi connectivity index (χ0) is 14.9. The lowest BCUT2D eigenvalue weighted by molar-refractivity contribution is -0.385. The molecule has 0 bridgehead atoms. The molecule has 0 saturated heterocycles. The number of nitro groups is 1. The fourth-order valence-corrected chi connectivity index (χ4v) is 1.82. The molecule has 2 rings (SSSR count). The van der Waals surface area contributed by atoms with Crippen molar-refractivity contribution < 1.29 is 22.8 Å².